The van der Waals surface area contributed by atoms with Crippen molar-refractivity contribution in [1.29, 1.82) is 0 Å². The summed E-state index contributed by atoms with van der Waals surface area (Å²) in [6.45, 7) is 4.60. The van der Waals surface area contributed by atoms with Gasteiger partial charge in [0.1, 0.15) is 5.01 Å². The van der Waals surface area contributed by atoms with Gasteiger partial charge in [-0.25, -0.2) is 4.79 Å². The van der Waals surface area contributed by atoms with Gasteiger partial charge in [0.25, 0.3) is 5.91 Å². The van der Waals surface area contributed by atoms with Gasteiger partial charge in [0.15, 0.2) is 0 Å². The molecule has 1 atom stereocenters. The highest BCUT2D eigenvalue weighted by atomic mass is 32.1. The van der Waals surface area contributed by atoms with Crippen molar-refractivity contribution in [3.63, 3.8) is 0 Å². The molecule has 0 saturated carbocycles. The van der Waals surface area contributed by atoms with Crippen LogP contribution in [0.4, 0.5) is 16.2 Å². The molecule has 1 saturated heterocycles. The molecule has 3 aromatic rings. The molecule has 0 bridgehead atoms. The molecule has 2 N–H and O–H groups in total. The first-order chi connectivity index (χ1) is 14.5. The lowest BCUT2D eigenvalue weighted by Crippen LogP contribution is -2.34. The number of hydrogen-bond donors (Lipinski definition) is 2. The first-order valence-electron chi connectivity index (χ1n) is 9.86. The Labute approximate surface area is 179 Å². The number of aryl methyl sites for hydroxylation is 2. The Bertz CT molecular complexity index is 1060. The van der Waals surface area contributed by atoms with Gasteiger partial charge < -0.3 is 15.5 Å². The molecule has 2 aromatic carbocycles. The van der Waals surface area contributed by atoms with E-state index in [1.165, 1.54) is 11.3 Å². The molecule has 0 spiro atoms. The van der Waals surface area contributed by atoms with Gasteiger partial charge in [0.05, 0.1) is 6.04 Å². The number of nitrogens with one attached hydrogen (secondary N) is 2. The molecule has 8 heteroatoms. The summed E-state index contributed by atoms with van der Waals surface area (Å²) in [4.78, 5) is 27.1. The number of para-hydroxylation sites is 1. The van der Waals surface area contributed by atoms with Crippen LogP contribution in [0.15, 0.2) is 48.5 Å². The number of urea groups is 1. The highest BCUT2D eigenvalue weighted by Gasteiger charge is 2.33. The van der Waals surface area contributed by atoms with E-state index < -0.39 is 0 Å². The van der Waals surface area contributed by atoms with Gasteiger partial charge in [-0.15, -0.1) is 10.2 Å². The summed E-state index contributed by atoms with van der Waals surface area (Å²) in [7, 11) is 0. The second-order valence-corrected chi connectivity index (χ2v) is 8.37. The summed E-state index contributed by atoms with van der Waals surface area (Å²) in [6, 6.07) is 14.9. The molecule has 154 valence electrons. The number of carbonyl (C=O) groups excluding carboxylic acids is 2. The molecular formula is C22H23N5O2S. The van der Waals surface area contributed by atoms with E-state index in [4.69, 9.17) is 0 Å². The zero-order valence-corrected chi connectivity index (χ0v) is 17.7. The Morgan fingerprint density at radius 3 is 2.57 bits per heavy atom. The molecule has 4 rings (SSSR count). The minimum absolute atomic E-state index is 0.160. The number of likely N-dealkylation sites (tertiary alicyclic amines) is 1. The van der Waals surface area contributed by atoms with Crippen LogP contribution in [-0.4, -0.2) is 33.6 Å². The molecule has 0 radical (unpaired) electrons. The van der Waals surface area contributed by atoms with Crippen molar-refractivity contribution in [3.8, 4) is 0 Å². The zero-order chi connectivity index (χ0) is 21.1. The number of nitrogens with zero attached hydrogens (tertiary/aromatic N) is 3. The fourth-order valence-electron chi connectivity index (χ4n) is 3.45. The van der Waals surface area contributed by atoms with E-state index in [9.17, 15) is 9.59 Å². The van der Waals surface area contributed by atoms with Gasteiger partial charge in [-0.3, -0.25) is 4.79 Å². The van der Waals surface area contributed by atoms with Gasteiger partial charge in [-0.1, -0.05) is 47.2 Å². The molecule has 1 aliphatic heterocycles. The summed E-state index contributed by atoms with van der Waals surface area (Å²) in [5.41, 5.74) is 3.63. The van der Waals surface area contributed by atoms with E-state index in [1.54, 1.807) is 4.90 Å². The quantitative estimate of drug-likeness (QED) is 0.635. The first kappa shape index (κ1) is 20.0. The Hall–Kier alpha value is -3.26. The van der Waals surface area contributed by atoms with Crippen molar-refractivity contribution in [2.24, 2.45) is 0 Å². The number of carbonyl (C=O) groups is 2. The highest BCUT2D eigenvalue weighted by Crippen LogP contribution is 2.34. The Kier molecular flexibility index (Phi) is 5.76. The predicted octanol–water partition coefficient (Wildman–Crippen LogP) is 4.78. The number of hydrogen-bond acceptors (Lipinski definition) is 5. The Morgan fingerprint density at radius 1 is 1.03 bits per heavy atom. The lowest BCUT2D eigenvalue weighted by Gasteiger charge is -2.23. The van der Waals surface area contributed by atoms with Crippen molar-refractivity contribution in [1.82, 2.24) is 15.1 Å². The van der Waals surface area contributed by atoms with Crippen LogP contribution < -0.4 is 10.6 Å². The summed E-state index contributed by atoms with van der Waals surface area (Å²) in [5, 5.41) is 15.1. The molecule has 7 nitrogen and oxygen atoms in total. The number of anilines is 2. The minimum atomic E-state index is -0.295. The van der Waals surface area contributed by atoms with Crippen LogP contribution >= 0.6 is 11.3 Å². The smallest absolute Gasteiger partial charge is 0.320 e. The molecule has 0 unspecified atom stereocenters. The third kappa shape index (κ3) is 4.33. The van der Waals surface area contributed by atoms with Crippen LogP contribution in [0.3, 0.4) is 0 Å². The van der Waals surface area contributed by atoms with Crippen molar-refractivity contribution in [2.75, 3.05) is 17.2 Å². The molecular weight excluding hydrogens is 398 g/mol. The number of aromatic nitrogens is 2. The van der Waals surface area contributed by atoms with Gasteiger partial charge in [-0.05, 0) is 50.5 Å². The average Bonchev–Trinajstić information content (AvgIpc) is 3.40. The van der Waals surface area contributed by atoms with Gasteiger partial charge in [0.2, 0.25) is 5.01 Å². The highest BCUT2D eigenvalue weighted by molar-refractivity contribution is 7.13. The van der Waals surface area contributed by atoms with E-state index in [2.05, 4.69) is 20.8 Å². The fraction of sp³-hybridized carbons (Fsp3) is 0.273. The van der Waals surface area contributed by atoms with E-state index in [-0.39, 0.29) is 23.0 Å². The SMILES string of the molecule is Cc1ccc(NC(=O)c2nnc([C@H]3CCCN3C(=O)Nc3ccccc3C)s2)cc1. The molecule has 2 heterocycles. The third-order valence-electron chi connectivity index (χ3n) is 5.13. The van der Waals surface area contributed by atoms with Crippen LogP contribution in [0.5, 0.6) is 0 Å². The van der Waals surface area contributed by atoms with E-state index in [0.29, 0.717) is 17.2 Å². The van der Waals surface area contributed by atoms with E-state index in [0.717, 1.165) is 29.7 Å². The van der Waals surface area contributed by atoms with Crippen LogP contribution in [0.1, 0.15) is 44.8 Å². The Balaban J connectivity index is 1.45. The van der Waals surface area contributed by atoms with Crippen LogP contribution in [0.25, 0.3) is 0 Å². The maximum absolute atomic E-state index is 12.9. The first-order valence-corrected chi connectivity index (χ1v) is 10.7. The standard InChI is InChI=1S/C22H23N5O2S/c1-14-9-11-16(12-10-14)23-19(28)21-26-25-20(30-21)18-8-5-13-27(18)22(29)24-17-7-4-3-6-15(17)2/h3-4,6-7,9-12,18H,5,8,13H2,1-2H3,(H,23,28)(H,24,29)/t18-/m1/s1. The topological polar surface area (TPSA) is 87.2 Å². The van der Waals surface area contributed by atoms with E-state index >= 15 is 0 Å². The van der Waals surface area contributed by atoms with Gasteiger partial charge >= 0.3 is 6.03 Å². The number of rotatable bonds is 4. The van der Waals surface area contributed by atoms with Crippen molar-refractivity contribution in [2.45, 2.75) is 32.7 Å². The number of benzene rings is 2. The summed E-state index contributed by atoms with van der Waals surface area (Å²) in [5.74, 6) is -0.295. The van der Waals surface area contributed by atoms with Gasteiger partial charge in [-0.2, -0.15) is 0 Å². The fourth-order valence-corrected chi connectivity index (χ4v) is 4.34. The van der Waals surface area contributed by atoms with Crippen LogP contribution in [0, 0.1) is 13.8 Å². The van der Waals surface area contributed by atoms with Crippen LogP contribution in [-0.2, 0) is 0 Å². The second kappa shape index (κ2) is 8.62. The molecule has 1 aliphatic rings. The third-order valence-corrected chi connectivity index (χ3v) is 6.15. The molecule has 0 aliphatic carbocycles. The van der Waals surface area contributed by atoms with Crippen molar-refractivity contribution in [3.05, 3.63) is 69.7 Å². The van der Waals surface area contributed by atoms with Crippen molar-refractivity contribution >= 4 is 34.6 Å². The minimum Gasteiger partial charge on any atom is -0.320 e. The Morgan fingerprint density at radius 2 is 1.80 bits per heavy atom. The normalized spacial score (nSPS) is 15.8. The monoisotopic (exact) mass is 421 g/mol. The molecule has 30 heavy (non-hydrogen) atoms. The average molecular weight is 422 g/mol. The largest absolute Gasteiger partial charge is 0.322 e. The molecule has 1 fully saturated rings. The summed E-state index contributed by atoms with van der Waals surface area (Å²) < 4.78 is 0. The lowest BCUT2D eigenvalue weighted by molar-refractivity contribution is 0.102. The summed E-state index contributed by atoms with van der Waals surface area (Å²) >= 11 is 1.24. The molecule has 1 aromatic heterocycles. The second-order valence-electron chi connectivity index (χ2n) is 7.36. The van der Waals surface area contributed by atoms with Gasteiger partial charge in [0, 0.05) is 17.9 Å². The van der Waals surface area contributed by atoms with Crippen molar-refractivity contribution < 1.29 is 9.59 Å². The summed E-state index contributed by atoms with van der Waals surface area (Å²) in [6.07, 6.45) is 1.69. The maximum atomic E-state index is 12.9. The zero-order valence-electron chi connectivity index (χ0n) is 16.9. The predicted molar refractivity (Wildman–Crippen MR) is 118 cm³/mol. The number of amides is 3. The lowest BCUT2D eigenvalue weighted by atomic mass is 10.2. The van der Waals surface area contributed by atoms with E-state index in [1.807, 2.05) is 62.4 Å². The van der Waals surface area contributed by atoms with Crippen LogP contribution in [0.2, 0.25) is 0 Å². The molecule has 3 amide bonds. The maximum Gasteiger partial charge on any atom is 0.322 e.